The lowest BCUT2D eigenvalue weighted by Gasteiger charge is -2.12. The predicted molar refractivity (Wildman–Crippen MR) is 139 cm³/mol. The van der Waals surface area contributed by atoms with E-state index in [0.717, 1.165) is 47.2 Å². The number of fused-ring (bicyclic) bond motifs is 1. The van der Waals surface area contributed by atoms with Crippen LogP contribution in [0.15, 0.2) is 47.3 Å². The van der Waals surface area contributed by atoms with Crippen molar-refractivity contribution >= 4 is 34.5 Å². The van der Waals surface area contributed by atoms with E-state index in [2.05, 4.69) is 44.2 Å². The maximum Gasteiger partial charge on any atom is 0.154 e. The first-order valence-electron chi connectivity index (χ1n) is 12.0. The molecule has 1 fully saturated rings. The van der Waals surface area contributed by atoms with Gasteiger partial charge in [-0.2, -0.15) is 5.10 Å². The number of nitrogens with two attached hydrogens (primary N) is 1. The Hall–Kier alpha value is -3.39. The molecule has 0 atom stereocenters. The van der Waals surface area contributed by atoms with Crippen LogP contribution in [0.2, 0.25) is 0 Å². The number of pyridine rings is 2. The highest BCUT2D eigenvalue weighted by Crippen LogP contribution is 2.22. The standard InChI is InChI=1S/C26H34N8/c1-18(2)20-14-26(33-30-16-20)32-25-8-7-23-24(31-25)13-21(15-29-23)22(19(3)27)17-28-9-6-12-34-10-4-5-11-34/h7-8,13-18H,4-6,9-12,27H2,1-3H3,(H,31,32,33). The molecule has 0 bridgehead atoms. The molecule has 3 aromatic heterocycles. The fraction of sp³-hybridized carbons (Fsp3) is 0.423. The first kappa shape index (κ1) is 23.8. The lowest BCUT2D eigenvalue weighted by atomic mass is 10.1. The Bertz CT molecular complexity index is 1170. The van der Waals surface area contributed by atoms with E-state index < -0.39 is 0 Å². The lowest BCUT2D eigenvalue weighted by molar-refractivity contribution is 0.336. The first-order chi connectivity index (χ1) is 16.5. The molecule has 8 heteroatoms. The second-order valence-corrected chi connectivity index (χ2v) is 9.15. The topological polar surface area (TPSA) is 105 Å². The van der Waals surface area contributed by atoms with Gasteiger partial charge in [0.15, 0.2) is 5.82 Å². The van der Waals surface area contributed by atoms with E-state index in [9.17, 15) is 0 Å². The highest BCUT2D eigenvalue weighted by molar-refractivity contribution is 6.11. The maximum atomic E-state index is 6.20. The number of allylic oxidation sites excluding steroid dienone is 2. The van der Waals surface area contributed by atoms with Gasteiger partial charge in [0.25, 0.3) is 0 Å². The second-order valence-electron chi connectivity index (χ2n) is 9.15. The summed E-state index contributed by atoms with van der Waals surface area (Å²) in [6, 6.07) is 7.84. The van der Waals surface area contributed by atoms with Crippen LogP contribution in [0.25, 0.3) is 16.6 Å². The van der Waals surface area contributed by atoms with Crippen molar-refractivity contribution in [3.05, 3.63) is 53.5 Å². The minimum Gasteiger partial charge on any atom is -0.402 e. The number of hydrogen-bond acceptors (Lipinski definition) is 8. The van der Waals surface area contributed by atoms with E-state index in [-0.39, 0.29) is 0 Å². The van der Waals surface area contributed by atoms with Crippen molar-refractivity contribution in [1.82, 2.24) is 25.1 Å². The van der Waals surface area contributed by atoms with Gasteiger partial charge >= 0.3 is 0 Å². The molecule has 34 heavy (non-hydrogen) atoms. The third-order valence-electron chi connectivity index (χ3n) is 6.05. The number of hydrogen-bond donors (Lipinski definition) is 2. The van der Waals surface area contributed by atoms with Crippen molar-refractivity contribution in [2.45, 2.75) is 46.0 Å². The van der Waals surface area contributed by atoms with Gasteiger partial charge in [-0.05, 0) is 81.6 Å². The summed E-state index contributed by atoms with van der Waals surface area (Å²) in [6.45, 7) is 10.5. The summed E-state index contributed by atoms with van der Waals surface area (Å²) in [5.74, 6) is 1.73. The summed E-state index contributed by atoms with van der Waals surface area (Å²) >= 11 is 0. The zero-order valence-electron chi connectivity index (χ0n) is 20.3. The number of nitrogens with zero attached hydrogens (tertiary/aromatic N) is 6. The molecule has 0 aromatic carbocycles. The van der Waals surface area contributed by atoms with E-state index in [1.807, 2.05) is 43.6 Å². The predicted octanol–water partition coefficient (Wildman–Crippen LogP) is 4.53. The Labute approximate surface area is 201 Å². The van der Waals surface area contributed by atoms with E-state index in [0.29, 0.717) is 23.3 Å². The van der Waals surface area contributed by atoms with Crippen LogP contribution in [0.1, 0.15) is 57.1 Å². The Morgan fingerprint density at radius 1 is 1.15 bits per heavy atom. The average molecular weight is 459 g/mol. The summed E-state index contributed by atoms with van der Waals surface area (Å²) in [4.78, 5) is 16.5. The van der Waals surface area contributed by atoms with Crippen molar-refractivity contribution in [1.29, 1.82) is 0 Å². The number of likely N-dealkylation sites (tertiary alicyclic amines) is 1. The molecule has 0 aliphatic carbocycles. The van der Waals surface area contributed by atoms with Crippen molar-refractivity contribution in [3.63, 3.8) is 0 Å². The van der Waals surface area contributed by atoms with Gasteiger partial charge < -0.3 is 16.0 Å². The van der Waals surface area contributed by atoms with Crippen LogP contribution in [-0.2, 0) is 0 Å². The van der Waals surface area contributed by atoms with Gasteiger partial charge in [0.2, 0.25) is 0 Å². The van der Waals surface area contributed by atoms with Gasteiger partial charge in [-0.15, -0.1) is 5.10 Å². The molecule has 0 radical (unpaired) electrons. The van der Waals surface area contributed by atoms with Gasteiger partial charge in [-0.1, -0.05) is 13.8 Å². The zero-order valence-corrected chi connectivity index (χ0v) is 20.3. The molecule has 8 nitrogen and oxygen atoms in total. The first-order valence-corrected chi connectivity index (χ1v) is 12.0. The average Bonchev–Trinajstić information content (AvgIpc) is 3.34. The fourth-order valence-electron chi connectivity index (χ4n) is 4.06. The molecule has 3 aromatic rings. The van der Waals surface area contributed by atoms with Crippen molar-refractivity contribution in [2.75, 3.05) is 31.5 Å². The third kappa shape index (κ3) is 6.14. The molecule has 1 saturated heterocycles. The third-order valence-corrected chi connectivity index (χ3v) is 6.05. The Morgan fingerprint density at radius 3 is 2.74 bits per heavy atom. The smallest absolute Gasteiger partial charge is 0.154 e. The molecule has 1 aliphatic heterocycles. The minimum absolute atomic E-state index is 0.374. The quantitative estimate of drug-likeness (QED) is 0.358. The van der Waals surface area contributed by atoms with E-state index >= 15 is 0 Å². The Kier molecular flexibility index (Phi) is 7.80. The highest BCUT2D eigenvalue weighted by atomic mass is 15.2. The number of anilines is 2. The Morgan fingerprint density at radius 2 is 1.97 bits per heavy atom. The monoisotopic (exact) mass is 458 g/mol. The van der Waals surface area contributed by atoms with Gasteiger partial charge in [0.05, 0.1) is 17.2 Å². The van der Waals surface area contributed by atoms with Crippen LogP contribution in [0.5, 0.6) is 0 Å². The second kappa shape index (κ2) is 11.2. The molecule has 178 valence electrons. The lowest BCUT2D eigenvalue weighted by Crippen LogP contribution is -2.20. The summed E-state index contributed by atoms with van der Waals surface area (Å²) in [5, 5.41) is 11.5. The number of aliphatic imine (C=N–C) groups is 1. The van der Waals surface area contributed by atoms with Crippen LogP contribution in [-0.4, -0.2) is 57.5 Å². The summed E-state index contributed by atoms with van der Waals surface area (Å²) < 4.78 is 0. The molecule has 4 heterocycles. The highest BCUT2D eigenvalue weighted by Gasteiger charge is 2.10. The maximum absolute atomic E-state index is 6.20. The molecule has 1 aliphatic rings. The molecule has 0 spiro atoms. The molecule has 4 rings (SSSR count). The Balaban J connectivity index is 1.48. The molecule has 0 amide bonds. The largest absolute Gasteiger partial charge is 0.402 e. The van der Waals surface area contributed by atoms with E-state index in [4.69, 9.17) is 10.7 Å². The molecule has 3 N–H and O–H groups in total. The summed E-state index contributed by atoms with van der Waals surface area (Å²) in [6.07, 6.45) is 9.19. The van der Waals surface area contributed by atoms with Crippen molar-refractivity contribution < 1.29 is 0 Å². The van der Waals surface area contributed by atoms with E-state index in [1.54, 1.807) is 6.20 Å². The fourth-order valence-corrected chi connectivity index (χ4v) is 4.06. The summed E-state index contributed by atoms with van der Waals surface area (Å²) in [7, 11) is 0. The number of aromatic nitrogens is 4. The van der Waals surface area contributed by atoms with Gasteiger partial charge in [0.1, 0.15) is 5.82 Å². The van der Waals surface area contributed by atoms with Gasteiger partial charge in [0, 0.05) is 35.8 Å². The number of rotatable bonds is 9. The van der Waals surface area contributed by atoms with Crippen LogP contribution >= 0.6 is 0 Å². The van der Waals surface area contributed by atoms with Crippen LogP contribution in [0.4, 0.5) is 11.6 Å². The number of nitrogens with one attached hydrogen (secondary N) is 1. The van der Waals surface area contributed by atoms with Gasteiger partial charge in [-0.25, -0.2) is 4.98 Å². The molecular weight excluding hydrogens is 424 g/mol. The van der Waals surface area contributed by atoms with Gasteiger partial charge in [-0.3, -0.25) is 9.98 Å². The molecule has 0 unspecified atom stereocenters. The van der Waals surface area contributed by atoms with Crippen molar-refractivity contribution in [3.8, 4) is 0 Å². The van der Waals surface area contributed by atoms with Crippen LogP contribution in [0, 0.1) is 0 Å². The van der Waals surface area contributed by atoms with E-state index in [1.165, 1.54) is 25.9 Å². The van der Waals surface area contributed by atoms with Crippen molar-refractivity contribution in [2.24, 2.45) is 10.7 Å². The van der Waals surface area contributed by atoms with Crippen LogP contribution in [0.3, 0.4) is 0 Å². The molecular formula is C26H34N8. The SMILES string of the molecule is CC(N)=C(C=NCCCN1CCCC1)c1cnc2ccc(Nc3cc(C(C)C)cnn3)nc2c1. The minimum atomic E-state index is 0.374. The zero-order chi connectivity index (χ0) is 23.9. The summed E-state index contributed by atoms with van der Waals surface area (Å²) in [5.41, 5.74) is 11.4. The van der Waals surface area contributed by atoms with Crippen LogP contribution < -0.4 is 11.1 Å². The normalized spacial score (nSPS) is 15.4. The molecule has 0 saturated carbocycles.